The number of primary amides is 1. The van der Waals surface area contributed by atoms with E-state index in [1.54, 1.807) is 0 Å². The fourth-order valence-corrected chi connectivity index (χ4v) is 4.38. The number of nitrogens with zero attached hydrogens (tertiary/aromatic N) is 1. The number of amides is 2. The first-order valence-electron chi connectivity index (χ1n) is 8.36. The van der Waals surface area contributed by atoms with Gasteiger partial charge in [0.1, 0.15) is 5.00 Å². The number of nitrogens with one attached hydrogen (secondary N) is 1. The second-order valence-electron chi connectivity index (χ2n) is 6.22. The predicted molar refractivity (Wildman–Crippen MR) is 104 cm³/mol. The number of alkyl halides is 3. The number of carbonyl (C=O) groups excluding carboxylic acids is 2. The molecule has 1 aliphatic heterocycles. The fourth-order valence-electron chi connectivity index (χ4n) is 3.09. The maximum Gasteiger partial charge on any atom is 0.416 e. The molecule has 28 heavy (non-hydrogen) atoms. The highest BCUT2D eigenvalue weighted by Gasteiger charge is 2.31. The minimum absolute atomic E-state index is 0. The first kappa shape index (κ1) is 22.2. The normalized spacial score (nSPS) is 14.1. The highest BCUT2D eigenvalue weighted by atomic mass is 35.5. The van der Waals surface area contributed by atoms with Gasteiger partial charge in [0.25, 0.3) is 11.8 Å². The van der Waals surface area contributed by atoms with Crippen LogP contribution in [0.3, 0.4) is 0 Å². The monoisotopic (exact) mass is 433 g/mol. The van der Waals surface area contributed by atoms with Crippen molar-refractivity contribution in [2.45, 2.75) is 26.1 Å². The summed E-state index contributed by atoms with van der Waals surface area (Å²) in [5.41, 5.74) is 5.53. The number of benzene rings is 1. The van der Waals surface area contributed by atoms with Gasteiger partial charge in [0.15, 0.2) is 0 Å². The molecule has 2 aromatic rings. The van der Waals surface area contributed by atoms with Crippen molar-refractivity contribution in [1.82, 2.24) is 4.90 Å². The zero-order valence-corrected chi connectivity index (χ0v) is 16.6. The molecule has 0 unspecified atom stereocenters. The van der Waals surface area contributed by atoms with Crippen molar-refractivity contribution < 1.29 is 22.8 Å². The van der Waals surface area contributed by atoms with Gasteiger partial charge in [-0.15, -0.1) is 23.7 Å². The Morgan fingerprint density at radius 2 is 2.04 bits per heavy atom. The highest BCUT2D eigenvalue weighted by Crippen LogP contribution is 2.37. The number of hydrogen-bond donors (Lipinski definition) is 2. The molecule has 2 amide bonds. The van der Waals surface area contributed by atoms with Crippen LogP contribution in [0.4, 0.5) is 18.2 Å². The lowest BCUT2D eigenvalue weighted by Crippen LogP contribution is -2.30. The van der Waals surface area contributed by atoms with E-state index in [1.165, 1.54) is 23.5 Å². The molecule has 0 spiro atoms. The lowest BCUT2D eigenvalue weighted by atomic mass is 10.0. The Hall–Kier alpha value is -2.10. The van der Waals surface area contributed by atoms with E-state index in [1.807, 2.05) is 6.92 Å². The highest BCUT2D eigenvalue weighted by molar-refractivity contribution is 7.17. The Labute approximate surface area is 170 Å². The van der Waals surface area contributed by atoms with Crippen LogP contribution in [0.5, 0.6) is 0 Å². The second kappa shape index (κ2) is 8.50. The number of carbonyl (C=O) groups is 2. The summed E-state index contributed by atoms with van der Waals surface area (Å²) < 4.78 is 38.6. The van der Waals surface area contributed by atoms with Gasteiger partial charge < -0.3 is 11.1 Å². The molecule has 10 heteroatoms. The van der Waals surface area contributed by atoms with Crippen molar-refractivity contribution >= 4 is 40.6 Å². The van der Waals surface area contributed by atoms with E-state index in [2.05, 4.69) is 10.2 Å². The summed E-state index contributed by atoms with van der Waals surface area (Å²) >= 11 is 1.25. The smallest absolute Gasteiger partial charge is 0.365 e. The van der Waals surface area contributed by atoms with Gasteiger partial charge in [0.2, 0.25) is 0 Å². The molecule has 0 saturated heterocycles. The van der Waals surface area contributed by atoms with Gasteiger partial charge in [0.05, 0.1) is 11.1 Å². The molecule has 0 bridgehead atoms. The Kier molecular flexibility index (Phi) is 6.74. The minimum atomic E-state index is -4.54. The summed E-state index contributed by atoms with van der Waals surface area (Å²) in [5.74, 6) is -1.37. The maximum absolute atomic E-state index is 12.9. The Bertz CT molecular complexity index is 899. The average Bonchev–Trinajstić information content (AvgIpc) is 2.97. The zero-order chi connectivity index (χ0) is 19.8. The Morgan fingerprint density at radius 1 is 1.32 bits per heavy atom. The quantitative estimate of drug-likeness (QED) is 0.767. The lowest BCUT2D eigenvalue weighted by Gasteiger charge is -2.25. The van der Waals surface area contributed by atoms with E-state index < -0.39 is 23.6 Å². The molecule has 1 aromatic carbocycles. The van der Waals surface area contributed by atoms with Crippen LogP contribution >= 0.6 is 23.7 Å². The number of hydrogen-bond acceptors (Lipinski definition) is 4. The molecule has 2 heterocycles. The largest absolute Gasteiger partial charge is 0.416 e. The molecular weight excluding hydrogens is 415 g/mol. The molecule has 0 fully saturated rings. The maximum atomic E-state index is 12.9. The minimum Gasteiger partial charge on any atom is -0.365 e. The third-order valence-corrected chi connectivity index (χ3v) is 5.64. The van der Waals surface area contributed by atoms with Crippen LogP contribution in [0, 0.1) is 0 Å². The molecule has 5 nitrogen and oxygen atoms in total. The van der Waals surface area contributed by atoms with Crippen LogP contribution in [0.2, 0.25) is 0 Å². The van der Waals surface area contributed by atoms with E-state index in [4.69, 9.17) is 5.73 Å². The van der Waals surface area contributed by atoms with E-state index in [9.17, 15) is 22.8 Å². The van der Waals surface area contributed by atoms with Gasteiger partial charge in [-0.25, -0.2) is 0 Å². The number of fused-ring (bicyclic) bond motifs is 1. The summed E-state index contributed by atoms with van der Waals surface area (Å²) in [6.07, 6.45) is -3.91. The van der Waals surface area contributed by atoms with E-state index in [0.717, 1.165) is 35.7 Å². The SMILES string of the molecule is CCN1CCc2c(sc(NC(=O)c3cccc(C(F)(F)F)c3)c2C(N)=O)C1.Cl. The Morgan fingerprint density at radius 3 is 2.64 bits per heavy atom. The third-order valence-electron chi connectivity index (χ3n) is 4.51. The number of thiophene rings is 1. The molecule has 1 aromatic heterocycles. The van der Waals surface area contributed by atoms with Crippen molar-refractivity contribution in [3.63, 3.8) is 0 Å². The van der Waals surface area contributed by atoms with Crippen molar-refractivity contribution in [2.24, 2.45) is 5.73 Å². The number of halogens is 4. The molecule has 0 saturated carbocycles. The van der Waals surface area contributed by atoms with Crippen LogP contribution < -0.4 is 11.1 Å². The molecule has 0 atom stereocenters. The molecule has 152 valence electrons. The van der Waals surface area contributed by atoms with Gasteiger partial charge in [0, 0.05) is 23.5 Å². The molecule has 3 rings (SSSR count). The van der Waals surface area contributed by atoms with Crippen molar-refractivity contribution in [2.75, 3.05) is 18.4 Å². The topological polar surface area (TPSA) is 75.4 Å². The lowest BCUT2D eigenvalue weighted by molar-refractivity contribution is -0.137. The average molecular weight is 434 g/mol. The van der Waals surface area contributed by atoms with Crippen LogP contribution in [-0.2, 0) is 19.1 Å². The van der Waals surface area contributed by atoms with Crippen LogP contribution in [0.15, 0.2) is 24.3 Å². The van der Waals surface area contributed by atoms with Crippen LogP contribution in [0.25, 0.3) is 0 Å². The molecule has 3 N–H and O–H groups in total. The molecule has 0 radical (unpaired) electrons. The van der Waals surface area contributed by atoms with Gasteiger partial charge >= 0.3 is 6.18 Å². The summed E-state index contributed by atoms with van der Waals surface area (Å²) in [6, 6.07) is 4.15. The summed E-state index contributed by atoms with van der Waals surface area (Å²) in [5, 5.41) is 2.85. The van der Waals surface area contributed by atoms with E-state index in [0.29, 0.717) is 13.0 Å². The number of likely N-dealkylation sites (N-methyl/N-ethyl adjacent to an activating group) is 1. The van der Waals surface area contributed by atoms with Crippen LogP contribution in [0.1, 0.15) is 43.6 Å². The zero-order valence-electron chi connectivity index (χ0n) is 14.9. The second-order valence-corrected chi connectivity index (χ2v) is 7.33. The predicted octanol–water partition coefficient (Wildman–Crippen LogP) is 3.92. The standard InChI is InChI=1S/C18H18F3N3O2S.ClH/c1-2-24-7-6-12-13(9-24)27-17(14(12)15(22)25)23-16(26)10-4-3-5-11(8-10)18(19,20)21;/h3-5,8H,2,6-7,9H2,1H3,(H2,22,25)(H,23,26);1H. The number of nitrogens with two attached hydrogens (primary N) is 1. The van der Waals surface area contributed by atoms with Gasteiger partial charge in [-0.1, -0.05) is 13.0 Å². The first-order chi connectivity index (χ1) is 12.7. The number of rotatable bonds is 4. The Balaban J connectivity index is 0.00000280. The van der Waals surface area contributed by atoms with E-state index in [-0.39, 0.29) is 28.5 Å². The summed E-state index contributed by atoms with van der Waals surface area (Å²) in [6.45, 7) is 4.32. The van der Waals surface area contributed by atoms with E-state index >= 15 is 0 Å². The van der Waals surface area contributed by atoms with Crippen LogP contribution in [-0.4, -0.2) is 29.8 Å². The molecule has 1 aliphatic rings. The van der Waals surface area contributed by atoms with Gasteiger partial charge in [-0.2, -0.15) is 13.2 Å². The van der Waals surface area contributed by atoms with Crippen molar-refractivity contribution in [3.8, 4) is 0 Å². The van der Waals surface area contributed by atoms with Gasteiger partial charge in [-0.05, 0) is 36.7 Å². The summed E-state index contributed by atoms with van der Waals surface area (Å²) in [7, 11) is 0. The molecular formula is C18H19ClF3N3O2S. The first-order valence-corrected chi connectivity index (χ1v) is 9.17. The van der Waals surface area contributed by atoms with Crippen molar-refractivity contribution in [1.29, 1.82) is 0 Å². The number of anilines is 1. The summed E-state index contributed by atoms with van der Waals surface area (Å²) in [4.78, 5) is 27.5. The molecule has 0 aliphatic carbocycles. The van der Waals surface area contributed by atoms with Crippen molar-refractivity contribution in [3.05, 3.63) is 51.4 Å². The third kappa shape index (κ3) is 4.48. The fraction of sp³-hybridized carbons (Fsp3) is 0.333. The van der Waals surface area contributed by atoms with Gasteiger partial charge in [-0.3, -0.25) is 14.5 Å².